The number of nitrogens with zero attached hydrogens (tertiary/aromatic N) is 1. The first-order valence-electron chi connectivity index (χ1n) is 8.68. The number of hydrogen-bond donors (Lipinski definition) is 1. The number of hydrogen-bond acceptors (Lipinski definition) is 5. The maximum Gasteiger partial charge on any atom is 0.203 e. The summed E-state index contributed by atoms with van der Waals surface area (Å²) >= 11 is 0. The molecule has 3 rings (SSSR count). The van der Waals surface area contributed by atoms with Crippen molar-refractivity contribution in [3.63, 3.8) is 0 Å². The van der Waals surface area contributed by atoms with Gasteiger partial charge < -0.3 is 19.5 Å². The summed E-state index contributed by atoms with van der Waals surface area (Å²) in [6.07, 6.45) is 0. The Bertz CT molecular complexity index is 723. The SMILES string of the molecule is COc1cc(C(c2cccc(F)c2)N2CCNCC2)cc(OC)c1OC. The molecule has 1 aliphatic heterocycles. The Balaban J connectivity index is 2.12. The monoisotopic (exact) mass is 360 g/mol. The van der Waals surface area contributed by atoms with Crippen LogP contribution in [0.3, 0.4) is 0 Å². The van der Waals surface area contributed by atoms with Crippen molar-refractivity contribution in [1.82, 2.24) is 10.2 Å². The Morgan fingerprint density at radius 3 is 2.12 bits per heavy atom. The molecule has 6 heteroatoms. The topological polar surface area (TPSA) is 43.0 Å². The summed E-state index contributed by atoms with van der Waals surface area (Å²) in [4.78, 5) is 2.34. The molecule has 1 N–H and O–H groups in total. The highest BCUT2D eigenvalue weighted by Gasteiger charge is 2.27. The molecule has 1 heterocycles. The Morgan fingerprint density at radius 1 is 0.923 bits per heavy atom. The number of ether oxygens (including phenoxy) is 3. The molecule has 140 valence electrons. The van der Waals surface area contributed by atoms with Gasteiger partial charge in [0, 0.05) is 26.2 Å². The average molecular weight is 360 g/mol. The molecule has 0 aromatic heterocycles. The summed E-state index contributed by atoms with van der Waals surface area (Å²) in [7, 11) is 4.78. The van der Waals surface area contributed by atoms with Crippen LogP contribution in [0.2, 0.25) is 0 Å². The van der Waals surface area contributed by atoms with Crippen LogP contribution in [-0.4, -0.2) is 52.4 Å². The number of halogens is 1. The minimum atomic E-state index is -0.241. The zero-order chi connectivity index (χ0) is 18.5. The van der Waals surface area contributed by atoms with Crippen LogP contribution < -0.4 is 19.5 Å². The van der Waals surface area contributed by atoms with Gasteiger partial charge in [-0.2, -0.15) is 0 Å². The first-order valence-corrected chi connectivity index (χ1v) is 8.68. The van der Waals surface area contributed by atoms with Gasteiger partial charge in [-0.1, -0.05) is 12.1 Å². The van der Waals surface area contributed by atoms with Crippen molar-refractivity contribution in [2.75, 3.05) is 47.5 Å². The molecule has 0 saturated carbocycles. The summed E-state index contributed by atoms with van der Waals surface area (Å²) < 4.78 is 30.4. The summed E-state index contributed by atoms with van der Waals surface area (Å²) in [6, 6.07) is 10.6. The van der Waals surface area contributed by atoms with E-state index < -0.39 is 0 Å². The van der Waals surface area contributed by atoms with Gasteiger partial charge in [-0.3, -0.25) is 4.90 Å². The van der Waals surface area contributed by atoms with Gasteiger partial charge in [-0.25, -0.2) is 4.39 Å². The van der Waals surface area contributed by atoms with Crippen LogP contribution in [0.5, 0.6) is 17.2 Å². The van der Waals surface area contributed by atoms with E-state index in [9.17, 15) is 4.39 Å². The molecule has 5 nitrogen and oxygen atoms in total. The van der Waals surface area contributed by atoms with E-state index in [-0.39, 0.29) is 11.9 Å². The average Bonchev–Trinajstić information content (AvgIpc) is 2.68. The third-order valence-corrected chi connectivity index (χ3v) is 4.68. The Hall–Kier alpha value is -2.31. The molecule has 1 fully saturated rings. The number of piperazine rings is 1. The van der Waals surface area contributed by atoms with E-state index in [0.717, 1.165) is 37.3 Å². The van der Waals surface area contributed by atoms with Crippen molar-refractivity contribution >= 4 is 0 Å². The number of benzene rings is 2. The first kappa shape index (κ1) is 18.5. The fourth-order valence-corrected chi connectivity index (χ4v) is 3.49. The lowest BCUT2D eigenvalue weighted by molar-refractivity contribution is 0.197. The second-order valence-corrected chi connectivity index (χ2v) is 6.20. The molecule has 0 spiro atoms. The van der Waals surface area contributed by atoms with Crippen molar-refractivity contribution in [1.29, 1.82) is 0 Å². The van der Waals surface area contributed by atoms with E-state index in [4.69, 9.17) is 14.2 Å². The van der Waals surface area contributed by atoms with E-state index in [2.05, 4.69) is 10.2 Å². The summed E-state index contributed by atoms with van der Waals surface area (Å²) in [5.41, 5.74) is 1.88. The maximum atomic E-state index is 13.9. The van der Waals surface area contributed by atoms with Gasteiger partial charge in [-0.05, 0) is 35.4 Å². The van der Waals surface area contributed by atoms with Gasteiger partial charge in [-0.15, -0.1) is 0 Å². The van der Waals surface area contributed by atoms with Gasteiger partial charge in [0.15, 0.2) is 11.5 Å². The number of rotatable bonds is 6. The third kappa shape index (κ3) is 3.76. The molecule has 2 aromatic rings. The highest BCUT2D eigenvalue weighted by Crippen LogP contribution is 2.42. The maximum absolute atomic E-state index is 13.9. The lowest BCUT2D eigenvalue weighted by Gasteiger charge is -2.36. The number of nitrogens with one attached hydrogen (secondary N) is 1. The van der Waals surface area contributed by atoms with Crippen LogP contribution in [0.25, 0.3) is 0 Å². The van der Waals surface area contributed by atoms with Crippen LogP contribution >= 0.6 is 0 Å². The molecule has 0 amide bonds. The van der Waals surface area contributed by atoms with Crippen LogP contribution in [0.4, 0.5) is 4.39 Å². The van der Waals surface area contributed by atoms with E-state index in [1.54, 1.807) is 33.5 Å². The van der Waals surface area contributed by atoms with E-state index in [0.29, 0.717) is 17.2 Å². The molecule has 1 saturated heterocycles. The summed E-state index contributed by atoms with van der Waals surface area (Å²) in [5, 5.41) is 3.36. The zero-order valence-electron chi connectivity index (χ0n) is 15.4. The smallest absolute Gasteiger partial charge is 0.203 e. The Morgan fingerprint density at radius 2 is 1.58 bits per heavy atom. The normalized spacial score (nSPS) is 16.2. The van der Waals surface area contributed by atoms with Crippen molar-refractivity contribution in [2.24, 2.45) is 0 Å². The van der Waals surface area contributed by atoms with Gasteiger partial charge in [0.05, 0.1) is 27.4 Å². The molecular weight excluding hydrogens is 335 g/mol. The predicted molar refractivity (Wildman–Crippen MR) is 98.8 cm³/mol. The van der Waals surface area contributed by atoms with E-state index >= 15 is 0 Å². The van der Waals surface area contributed by atoms with Crippen LogP contribution in [0.15, 0.2) is 36.4 Å². The quantitative estimate of drug-likeness (QED) is 0.858. The third-order valence-electron chi connectivity index (χ3n) is 4.68. The zero-order valence-corrected chi connectivity index (χ0v) is 15.4. The van der Waals surface area contributed by atoms with Crippen LogP contribution in [0.1, 0.15) is 17.2 Å². The van der Waals surface area contributed by atoms with Crippen molar-refractivity contribution in [3.05, 3.63) is 53.3 Å². The Labute approximate surface area is 153 Å². The molecule has 0 bridgehead atoms. The van der Waals surface area contributed by atoms with Crippen molar-refractivity contribution in [3.8, 4) is 17.2 Å². The second-order valence-electron chi connectivity index (χ2n) is 6.20. The van der Waals surface area contributed by atoms with Gasteiger partial charge in [0.1, 0.15) is 5.82 Å². The van der Waals surface area contributed by atoms with Crippen LogP contribution in [-0.2, 0) is 0 Å². The largest absolute Gasteiger partial charge is 0.493 e. The van der Waals surface area contributed by atoms with E-state index in [1.165, 1.54) is 6.07 Å². The lowest BCUT2D eigenvalue weighted by atomic mass is 9.95. The summed E-state index contributed by atoms with van der Waals surface area (Å²) in [6.45, 7) is 3.54. The Kier molecular flexibility index (Phi) is 5.96. The van der Waals surface area contributed by atoms with Gasteiger partial charge in [0.2, 0.25) is 5.75 Å². The highest BCUT2D eigenvalue weighted by atomic mass is 19.1. The summed E-state index contributed by atoms with van der Waals surface area (Å²) in [5.74, 6) is 1.50. The molecule has 1 atom stereocenters. The van der Waals surface area contributed by atoms with Gasteiger partial charge in [0.25, 0.3) is 0 Å². The lowest BCUT2D eigenvalue weighted by Crippen LogP contribution is -2.45. The van der Waals surface area contributed by atoms with Crippen molar-refractivity contribution < 1.29 is 18.6 Å². The minimum Gasteiger partial charge on any atom is -0.493 e. The molecule has 26 heavy (non-hydrogen) atoms. The second kappa shape index (κ2) is 8.38. The fourth-order valence-electron chi connectivity index (χ4n) is 3.49. The highest BCUT2D eigenvalue weighted by molar-refractivity contribution is 5.55. The molecule has 0 radical (unpaired) electrons. The van der Waals surface area contributed by atoms with Gasteiger partial charge >= 0.3 is 0 Å². The molecule has 0 aliphatic carbocycles. The van der Waals surface area contributed by atoms with Crippen molar-refractivity contribution in [2.45, 2.75) is 6.04 Å². The molecule has 1 aliphatic rings. The van der Waals surface area contributed by atoms with E-state index in [1.807, 2.05) is 18.2 Å². The predicted octanol–water partition coefficient (Wildman–Crippen LogP) is 2.85. The molecular formula is C20H25FN2O3. The fraction of sp³-hybridized carbons (Fsp3) is 0.400. The minimum absolute atomic E-state index is 0.0958. The van der Waals surface area contributed by atoms with Crippen LogP contribution in [0, 0.1) is 5.82 Å². The number of methoxy groups -OCH3 is 3. The standard InChI is InChI=1S/C20H25FN2O3/c1-24-17-12-15(13-18(25-2)20(17)26-3)19(23-9-7-22-8-10-23)14-5-4-6-16(21)11-14/h4-6,11-13,19,22H,7-10H2,1-3H3. The molecule has 2 aromatic carbocycles. The first-order chi connectivity index (χ1) is 12.7. The molecule has 1 unspecified atom stereocenters.